The van der Waals surface area contributed by atoms with E-state index in [0.717, 1.165) is 0 Å². The van der Waals surface area contributed by atoms with E-state index in [2.05, 4.69) is 10.4 Å². The monoisotopic (exact) mass is 511 g/mol. The van der Waals surface area contributed by atoms with Crippen LogP contribution in [0.2, 0.25) is 5.02 Å². The van der Waals surface area contributed by atoms with Crippen LogP contribution in [0.5, 0.6) is 0 Å². The summed E-state index contributed by atoms with van der Waals surface area (Å²) in [5, 5.41) is 18.2. The van der Waals surface area contributed by atoms with E-state index >= 15 is 0 Å². The molecule has 1 aromatic heterocycles. The number of amides is 3. The molecule has 9 nitrogen and oxygen atoms in total. The zero-order valence-corrected chi connectivity index (χ0v) is 19.7. The second-order valence-electron chi connectivity index (χ2n) is 9.69. The van der Waals surface area contributed by atoms with Crippen LogP contribution >= 0.6 is 11.6 Å². The van der Waals surface area contributed by atoms with E-state index in [1.807, 2.05) is 0 Å². The number of carbonyl (C=O) groups excluding carboxylic acids is 3. The molecule has 0 spiro atoms. The second-order valence-corrected chi connectivity index (χ2v) is 10.1. The third kappa shape index (κ3) is 3.39. The summed E-state index contributed by atoms with van der Waals surface area (Å²) in [6.45, 7) is -0.297. The Balaban J connectivity index is 1.27. The zero-order valence-electron chi connectivity index (χ0n) is 19.0. The molecule has 2 saturated heterocycles. The van der Waals surface area contributed by atoms with E-state index in [9.17, 15) is 23.9 Å². The normalized spacial score (nSPS) is 27.8. The number of halogens is 2. The van der Waals surface area contributed by atoms with Gasteiger partial charge in [-0.1, -0.05) is 41.9 Å². The molecule has 4 bridgehead atoms. The highest BCUT2D eigenvalue weighted by Crippen LogP contribution is 2.63. The lowest BCUT2D eigenvalue weighted by atomic mass is 9.84. The molecule has 2 aliphatic carbocycles. The van der Waals surface area contributed by atoms with E-state index in [1.165, 1.54) is 16.8 Å². The Morgan fingerprint density at radius 3 is 2.67 bits per heavy atom. The number of para-hydroxylation sites is 1. The molecule has 11 heteroatoms. The highest BCUT2D eigenvalue weighted by atomic mass is 35.5. The van der Waals surface area contributed by atoms with E-state index in [4.69, 9.17) is 17.3 Å². The van der Waals surface area contributed by atoms with E-state index in [0.29, 0.717) is 17.3 Å². The lowest BCUT2D eigenvalue weighted by Gasteiger charge is -2.43. The third-order valence-corrected chi connectivity index (χ3v) is 8.10. The van der Waals surface area contributed by atoms with Gasteiger partial charge in [0, 0.05) is 35.4 Å². The van der Waals surface area contributed by atoms with Crippen molar-refractivity contribution in [1.29, 1.82) is 0 Å². The van der Waals surface area contributed by atoms with Gasteiger partial charge in [-0.3, -0.25) is 19.1 Å². The molecule has 2 aliphatic heterocycles. The minimum atomic E-state index is -0.896. The molecule has 4 fully saturated rings. The number of aliphatic hydroxyl groups excluding tert-OH is 1. The van der Waals surface area contributed by atoms with Gasteiger partial charge >= 0.3 is 0 Å². The average Bonchev–Trinajstić information content (AvgIpc) is 3.35. The van der Waals surface area contributed by atoms with Crippen LogP contribution in [-0.2, 0) is 22.7 Å². The molecule has 0 radical (unpaired) electrons. The number of piperidine rings is 2. The fourth-order valence-electron chi connectivity index (χ4n) is 6.23. The Morgan fingerprint density at radius 1 is 1.17 bits per heavy atom. The predicted octanol–water partition coefficient (Wildman–Crippen LogP) is 1.45. The number of nitrogens with zero attached hydrogens (tertiary/aromatic N) is 3. The summed E-state index contributed by atoms with van der Waals surface area (Å²) in [4.78, 5) is 40.4. The molecule has 36 heavy (non-hydrogen) atoms. The number of nitrogens with two attached hydrogens (primary N) is 1. The van der Waals surface area contributed by atoms with Crippen LogP contribution in [0.1, 0.15) is 22.5 Å². The second kappa shape index (κ2) is 8.28. The number of hydrogen-bond donors (Lipinski definition) is 3. The first kappa shape index (κ1) is 22.9. The molecule has 3 unspecified atom stereocenters. The summed E-state index contributed by atoms with van der Waals surface area (Å²) in [5.41, 5.74) is 6.34. The largest absolute Gasteiger partial charge is 0.392 e. The summed E-state index contributed by atoms with van der Waals surface area (Å²) in [7, 11) is 0. The van der Waals surface area contributed by atoms with Gasteiger partial charge in [-0.05, 0) is 24.5 Å². The van der Waals surface area contributed by atoms with Crippen molar-refractivity contribution in [3.05, 3.63) is 64.6 Å². The molecule has 7 rings (SSSR count). The molecule has 2 aromatic carbocycles. The van der Waals surface area contributed by atoms with Crippen LogP contribution < -0.4 is 11.1 Å². The maximum Gasteiger partial charge on any atom is 0.269 e. The van der Waals surface area contributed by atoms with Crippen LogP contribution in [-0.4, -0.2) is 55.7 Å². The molecule has 186 valence electrons. The maximum absolute atomic E-state index is 14.3. The number of aromatic nitrogens is 2. The third-order valence-electron chi connectivity index (χ3n) is 7.81. The van der Waals surface area contributed by atoms with Gasteiger partial charge in [0.15, 0.2) is 5.69 Å². The van der Waals surface area contributed by atoms with Crippen molar-refractivity contribution in [2.24, 2.45) is 23.5 Å². The summed E-state index contributed by atoms with van der Waals surface area (Å²) in [6.07, 6.45) is -0.0184. The molecular formula is C25H23ClFN5O4. The van der Waals surface area contributed by atoms with Crippen molar-refractivity contribution in [2.45, 2.75) is 37.7 Å². The van der Waals surface area contributed by atoms with Crippen molar-refractivity contribution in [2.75, 3.05) is 0 Å². The molecule has 6 atom stereocenters. The van der Waals surface area contributed by atoms with E-state index in [-0.39, 0.29) is 53.2 Å². The van der Waals surface area contributed by atoms with E-state index in [1.54, 1.807) is 35.2 Å². The minimum absolute atomic E-state index is 0.0453. The van der Waals surface area contributed by atoms with Gasteiger partial charge in [0.1, 0.15) is 18.4 Å². The zero-order chi connectivity index (χ0) is 25.3. The SMILES string of the molecule is NC(=O)c1nn(CC(=O)N2C3C4[C@@H](O)C(C[C@H]43)[C@@H]2C(=O)NCc2cccc(Cl)c2F)c2ccccc12. The van der Waals surface area contributed by atoms with Gasteiger partial charge in [0.2, 0.25) is 11.8 Å². The first-order chi connectivity index (χ1) is 17.3. The number of hydrogen-bond acceptors (Lipinski definition) is 5. The van der Waals surface area contributed by atoms with Gasteiger partial charge in [0.25, 0.3) is 5.91 Å². The first-order valence-corrected chi connectivity index (χ1v) is 12.1. The lowest BCUT2D eigenvalue weighted by molar-refractivity contribution is -0.152. The minimum Gasteiger partial charge on any atom is -0.392 e. The van der Waals surface area contributed by atoms with Gasteiger partial charge in [-0.15, -0.1) is 0 Å². The number of nitrogens with one attached hydrogen (secondary N) is 1. The van der Waals surface area contributed by atoms with Crippen molar-refractivity contribution in [3.63, 3.8) is 0 Å². The number of benzene rings is 2. The summed E-state index contributed by atoms with van der Waals surface area (Å²) in [6, 6.07) is 10.4. The van der Waals surface area contributed by atoms with Crippen molar-refractivity contribution >= 4 is 40.2 Å². The molecule has 2 saturated carbocycles. The molecule has 4 N–H and O–H groups in total. The summed E-state index contributed by atoms with van der Waals surface area (Å²) < 4.78 is 15.7. The van der Waals surface area contributed by atoms with Crippen molar-refractivity contribution in [1.82, 2.24) is 20.0 Å². The smallest absolute Gasteiger partial charge is 0.269 e. The molecule has 3 amide bonds. The Morgan fingerprint density at radius 2 is 1.94 bits per heavy atom. The first-order valence-electron chi connectivity index (χ1n) is 11.7. The fourth-order valence-corrected chi connectivity index (χ4v) is 6.42. The maximum atomic E-state index is 14.3. The van der Waals surface area contributed by atoms with Crippen LogP contribution in [0, 0.1) is 23.6 Å². The average molecular weight is 512 g/mol. The summed E-state index contributed by atoms with van der Waals surface area (Å²) in [5.74, 6) is -2.43. The Labute approximate surface area is 210 Å². The number of primary amides is 1. The van der Waals surface area contributed by atoms with Gasteiger partial charge in [0.05, 0.1) is 16.6 Å². The van der Waals surface area contributed by atoms with Crippen LogP contribution in [0.15, 0.2) is 42.5 Å². The van der Waals surface area contributed by atoms with E-state index < -0.39 is 35.7 Å². The Bertz CT molecular complexity index is 1430. The van der Waals surface area contributed by atoms with Gasteiger partial charge < -0.3 is 21.1 Å². The molecule has 4 aliphatic rings. The van der Waals surface area contributed by atoms with Crippen LogP contribution in [0.3, 0.4) is 0 Å². The van der Waals surface area contributed by atoms with Crippen molar-refractivity contribution < 1.29 is 23.9 Å². The quantitative estimate of drug-likeness (QED) is 0.461. The summed E-state index contributed by atoms with van der Waals surface area (Å²) >= 11 is 5.84. The standard InChI is InChI=1S/C25H23ClFN5O4/c26-15-6-3-4-11(19(15)27)9-29-25(36)22-14-8-13-18(23(14)34)21(13)32(22)17(33)10-31-16-7-2-1-5-12(16)20(30-31)24(28)35/h1-7,13-14,18,21-23,34H,8-10H2,(H2,28,35)(H,29,36)/t13-,14?,18?,21?,22-,23+/m1/s1. The molecule has 3 aromatic rings. The number of aliphatic hydroxyl groups is 1. The topological polar surface area (TPSA) is 131 Å². The number of carbonyl (C=O) groups is 3. The van der Waals surface area contributed by atoms with Crippen LogP contribution in [0.25, 0.3) is 10.9 Å². The number of rotatable bonds is 6. The number of fused-ring (bicyclic) bond motifs is 2. The molecular weight excluding hydrogens is 489 g/mol. The Hall–Kier alpha value is -3.50. The highest BCUT2D eigenvalue weighted by Gasteiger charge is 2.72. The predicted molar refractivity (Wildman–Crippen MR) is 127 cm³/mol. The lowest BCUT2D eigenvalue weighted by Crippen LogP contribution is -2.62. The van der Waals surface area contributed by atoms with Gasteiger partial charge in [-0.2, -0.15) is 5.10 Å². The molecule has 3 heterocycles. The Kier molecular flexibility index (Phi) is 5.27. The highest BCUT2D eigenvalue weighted by molar-refractivity contribution is 6.30. The van der Waals surface area contributed by atoms with Crippen molar-refractivity contribution in [3.8, 4) is 0 Å². The van der Waals surface area contributed by atoms with Gasteiger partial charge in [-0.25, -0.2) is 4.39 Å². The fraction of sp³-hybridized carbons (Fsp3) is 0.360. The van der Waals surface area contributed by atoms with Crippen LogP contribution in [0.4, 0.5) is 4.39 Å².